The van der Waals surface area contributed by atoms with Crippen molar-refractivity contribution in [1.29, 1.82) is 0 Å². The van der Waals surface area contributed by atoms with E-state index in [2.05, 4.69) is 9.68 Å². The molecule has 3 aromatic rings. The topological polar surface area (TPSA) is 84.5 Å². The predicted octanol–water partition coefficient (Wildman–Crippen LogP) is 4.95. The van der Waals surface area contributed by atoms with Crippen LogP contribution in [0, 0.1) is 5.82 Å². The molecule has 0 saturated carbocycles. The molecule has 4 rings (SSSR count). The standard InChI is InChI=1S/C23H22FN3O2S/c24-19-8-3-16(4-9-19)18-7-12-21(25)22(15-18)27-23(28)17-5-10-20(11-6-17)30(29)14-2-1-13-26-30/h3-12,15H,1-2,13-14,25H2,(H,27,28). The molecule has 0 saturated heterocycles. The third kappa shape index (κ3) is 4.21. The fraction of sp³-hybridized carbons (Fsp3) is 0.174. The van der Waals surface area contributed by atoms with Crippen molar-refractivity contribution in [3.63, 3.8) is 0 Å². The monoisotopic (exact) mass is 423 g/mol. The maximum Gasteiger partial charge on any atom is 0.255 e. The number of carbonyl (C=O) groups excluding carboxylic acids is 1. The van der Waals surface area contributed by atoms with E-state index in [4.69, 9.17) is 5.73 Å². The maximum absolute atomic E-state index is 13.2. The molecule has 0 aromatic heterocycles. The fourth-order valence-electron chi connectivity index (χ4n) is 3.38. The smallest absolute Gasteiger partial charge is 0.255 e. The van der Waals surface area contributed by atoms with Gasteiger partial charge in [0.15, 0.2) is 0 Å². The highest BCUT2D eigenvalue weighted by atomic mass is 32.2. The second-order valence-corrected chi connectivity index (χ2v) is 9.61. The number of nitrogens with zero attached hydrogens (tertiary/aromatic N) is 1. The molecule has 5 nitrogen and oxygen atoms in total. The summed E-state index contributed by atoms with van der Waals surface area (Å²) in [4.78, 5) is 13.4. The van der Waals surface area contributed by atoms with Crippen LogP contribution in [-0.4, -0.2) is 22.4 Å². The summed E-state index contributed by atoms with van der Waals surface area (Å²) in [6.45, 7) is 0.616. The molecule has 7 heteroatoms. The summed E-state index contributed by atoms with van der Waals surface area (Å²) < 4.78 is 30.4. The molecule has 1 unspecified atom stereocenters. The Morgan fingerprint density at radius 1 is 0.967 bits per heavy atom. The van der Waals surface area contributed by atoms with Gasteiger partial charge in [0.05, 0.1) is 21.1 Å². The molecular formula is C23H22FN3O2S. The predicted molar refractivity (Wildman–Crippen MR) is 118 cm³/mol. The van der Waals surface area contributed by atoms with Gasteiger partial charge >= 0.3 is 0 Å². The first-order valence-corrected chi connectivity index (χ1v) is 11.4. The molecule has 3 N–H and O–H groups in total. The minimum Gasteiger partial charge on any atom is -0.397 e. The van der Waals surface area contributed by atoms with Crippen LogP contribution in [0.5, 0.6) is 0 Å². The highest BCUT2D eigenvalue weighted by molar-refractivity contribution is 7.93. The van der Waals surface area contributed by atoms with Gasteiger partial charge in [-0.25, -0.2) is 13.0 Å². The van der Waals surface area contributed by atoms with E-state index in [1.54, 1.807) is 48.5 Å². The molecular weight excluding hydrogens is 401 g/mol. The fourth-order valence-corrected chi connectivity index (χ4v) is 5.47. The zero-order chi connectivity index (χ0) is 21.1. The van der Waals surface area contributed by atoms with Crippen molar-refractivity contribution in [2.75, 3.05) is 23.3 Å². The molecule has 1 atom stereocenters. The van der Waals surface area contributed by atoms with Crippen LogP contribution in [0.3, 0.4) is 0 Å². The Morgan fingerprint density at radius 3 is 2.33 bits per heavy atom. The first-order chi connectivity index (χ1) is 14.4. The van der Waals surface area contributed by atoms with Crippen molar-refractivity contribution in [3.05, 3.63) is 78.1 Å². The summed E-state index contributed by atoms with van der Waals surface area (Å²) in [6, 6.07) is 18.1. The Bertz CT molecular complexity index is 1200. The van der Waals surface area contributed by atoms with E-state index in [1.165, 1.54) is 12.1 Å². The van der Waals surface area contributed by atoms with Crippen LogP contribution in [0.1, 0.15) is 23.2 Å². The van der Waals surface area contributed by atoms with E-state index in [0.717, 1.165) is 24.0 Å². The van der Waals surface area contributed by atoms with E-state index in [-0.39, 0.29) is 11.7 Å². The lowest BCUT2D eigenvalue weighted by molar-refractivity contribution is 0.102. The molecule has 0 radical (unpaired) electrons. The summed E-state index contributed by atoms with van der Waals surface area (Å²) >= 11 is 0. The zero-order valence-corrected chi connectivity index (χ0v) is 17.1. The first-order valence-electron chi connectivity index (χ1n) is 9.72. The molecule has 1 amide bonds. The average molecular weight is 424 g/mol. The first kappa shape index (κ1) is 20.1. The van der Waals surface area contributed by atoms with E-state index in [0.29, 0.717) is 34.1 Å². The molecule has 3 aromatic carbocycles. The number of rotatable bonds is 4. The Kier molecular flexibility index (Phi) is 5.55. The van der Waals surface area contributed by atoms with Crippen molar-refractivity contribution in [3.8, 4) is 11.1 Å². The number of anilines is 2. The second-order valence-electron chi connectivity index (χ2n) is 7.19. The largest absolute Gasteiger partial charge is 0.397 e. The minimum absolute atomic E-state index is 0.311. The SMILES string of the molecule is Nc1ccc(-c2ccc(F)cc2)cc1NC(=O)c1ccc(S2(=O)=NCCCC2)cc1. The van der Waals surface area contributed by atoms with Gasteiger partial charge in [-0.2, -0.15) is 0 Å². The number of hydrogen-bond donors (Lipinski definition) is 2. The minimum atomic E-state index is -2.37. The summed E-state index contributed by atoms with van der Waals surface area (Å²) in [5.41, 5.74) is 8.99. The molecule has 0 spiro atoms. The molecule has 1 heterocycles. The molecule has 0 fully saturated rings. The number of carbonyl (C=O) groups is 1. The lowest BCUT2D eigenvalue weighted by Crippen LogP contribution is -2.15. The number of amides is 1. The average Bonchev–Trinajstić information content (AvgIpc) is 2.76. The van der Waals surface area contributed by atoms with Gasteiger partial charge in [-0.15, -0.1) is 0 Å². The summed E-state index contributed by atoms with van der Waals surface area (Å²) in [7, 11) is -2.37. The number of nitrogens with one attached hydrogen (secondary N) is 1. The Hall–Kier alpha value is -3.19. The van der Waals surface area contributed by atoms with Crippen LogP contribution in [0.2, 0.25) is 0 Å². The lowest BCUT2D eigenvalue weighted by atomic mass is 10.0. The third-order valence-corrected chi connectivity index (χ3v) is 7.54. The van der Waals surface area contributed by atoms with Gasteiger partial charge in [0.2, 0.25) is 0 Å². The normalized spacial score (nSPS) is 18.4. The van der Waals surface area contributed by atoms with Crippen LogP contribution >= 0.6 is 0 Å². The van der Waals surface area contributed by atoms with Crippen LogP contribution in [0.15, 0.2) is 76.0 Å². The maximum atomic E-state index is 13.2. The zero-order valence-electron chi connectivity index (χ0n) is 16.3. The van der Waals surface area contributed by atoms with Crippen molar-refractivity contribution >= 4 is 27.0 Å². The van der Waals surface area contributed by atoms with Crippen molar-refractivity contribution in [2.24, 2.45) is 4.36 Å². The van der Waals surface area contributed by atoms with Crippen molar-refractivity contribution < 1.29 is 13.4 Å². The highest BCUT2D eigenvalue weighted by Crippen LogP contribution is 2.28. The molecule has 30 heavy (non-hydrogen) atoms. The summed E-state index contributed by atoms with van der Waals surface area (Å²) in [5, 5.41) is 2.82. The Labute approximate surface area is 175 Å². The lowest BCUT2D eigenvalue weighted by Gasteiger charge is -2.15. The van der Waals surface area contributed by atoms with Gasteiger partial charge in [-0.3, -0.25) is 4.79 Å². The number of benzene rings is 3. The van der Waals surface area contributed by atoms with Crippen LogP contribution in [0.4, 0.5) is 15.8 Å². The highest BCUT2D eigenvalue weighted by Gasteiger charge is 2.17. The summed E-state index contributed by atoms with van der Waals surface area (Å²) in [5.74, 6) is -0.0699. The van der Waals surface area contributed by atoms with E-state index >= 15 is 0 Å². The van der Waals surface area contributed by atoms with Crippen LogP contribution in [0.25, 0.3) is 11.1 Å². The molecule has 1 aliphatic rings. The number of hydrogen-bond acceptors (Lipinski definition) is 4. The number of halogens is 1. The Balaban J connectivity index is 1.55. The van der Waals surface area contributed by atoms with E-state index in [9.17, 15) is 13.4 Å². The number of nitrogen functional groups attached to an aromatic ring is 1. The summed E-state index contributed by atoms with van der Waals surface area (Å²) in [6.07, 6.45) is 1.87. The van der Waals surface area contributed by atoms with Gasteiger partial charge in [-0.1, -0.05) is 18.2 Å². The van der Waals surface area contributed by atoms with Gasteiger partial charge in [0, 0.05) is 22.8 Å². The second kappa shape index (κ2) is 8.28. The number of nitrogens with two attached hydrogens (primary N) is 1. The third-order valence-electron chi connectivity index (χ3n) is 5.09. The van der Waals surface area contributed by atoms with Gasteiger partial charge in [0.1, 0.15) is 5.82 Å². The van der Waals surface area contributed by atoms with E-state index < -0.39 is 9.73 Å². The van der Waals surface area contributed by atoms with Gasteiger partial charge in [-0.05, 0) is 72.5 Å². The van der Waals surface area contributed by atoms with Crippen LogP contribution in [-0.2, 0) is 9.73 Å². The molecule has 154 valence electrons. The van der Waals surface area contributed by atoms with Crippen LogP contribution < -0.4 is 11.1 Å². The van der Waals surface area contributed by atoms with Crippen molar-refractivity contribution in [2.45, 2.75) is 17.7 Å². The van der Waals surface area contributed by atoms with Gasteiger partial charge in [0.25, 0.3) is 5.91 Å². The molecule has 0 aliphatic carbocycles. The van der Waals surface area contributed by atoms with E-state index in [1.807, 2.05) is 6.07 Å². The van der Waals surface area contributed by atoms with Crippen molar-refractivity contribution in [1.82, 2.24) is 0 Å². The van der Waals surface area contributed by atoms with Gasteiger partial charge < -0.3 is 11.1 Å². The Morgan fingerprint density at radius 2 is 1.67 bits per heavy atom. The quantitative estimate of drug-likeness (QED) is 0.583. The molecule has 1 aliphatic heterocycles. The molecule has 0 bridgehead atoms.